The summed E-state index contributed by atoms with van der Waals surface area (Å²) in [5, 5.41) is 12.4. The number of hydrogen-bond acceptors (Lipinski definition) is 5. The van der Waals surface area contributed by atoms with Crippen LogP contribution in [0, 0.1) is 11.2 Å². The molecule has 4 N–H and O–H groups in total. The molecule has 0 bridgehead atoms. The van der Waals surface area contributed by atoms with Crippen molar-refractivity contribution in [1.29, 1.82) is 0 Å². The maximum atomic E-state index is 14.6. The molecule has 0 radical (unpaired) electrons. The van der Waals surface area contributed by atoms with Gasteiger partial charge in [0.05, 0.1) is 29.4 Å². The van der Waals surface area contributed by atoms with Gasteiger partial charge in [-0.25, -0.2) is 17.5 Å². The fourth-order valence-electron chi connectivity index (χ4n) is 5.41. The fraction of sp³-hybridized carbons (Fsp3) is 0.206. The van der Waals surface area contributed by atoms with Crippen LogP contribution in [0.5, 0.6) is 0 Å². The quantitative estimate of drug-likeness (QED) is 0.145. The molecule has 0 aliphatic heterocycles. The number of H-pyrrole nitrogens is 2. The van der Waals surface area contributed by atoms with E-state index in [2.05, 4.69) is 30.2 Å². The van der Waals surface area contributed by atoms with Crippen molar-refractivity contribution < 1.29 is 17.6 Å². The van der Waals surface area contributed by atoms with Crippen LogP contribution in [0.1, 0.15) is 32.8 Å². The lowest BCUT2D eigenvalue weighted by molar-refractivity contribution is -0.117. The molecular weight excluding hydrogens is 591 g/mol. The normalized spacial score (nSPS) is 12.2. The Morgan fingerprint density at radius 1 is 0.911 bits per heavy atom. The van der Waals surface area contributed by atoms with Crippen LogP contribution in [0.4, 0.5) is 10.1 Å². The van der Waals surface area contributed by atoms with Gasteiger partial charge in [0.1, 0.15) is 11.5 Å². The van der Waals surface area contributed by atoms with E-state index in [1.807, 2.05) is 69.3 Å². The molecule has 0 unspecified atom stereocenters. The van der Waals surface area contributed by atoms with Crippen LogP contribution in [0.2, 0.25) is 0 Å². The van der Waals surface area contributed by atoms with Crippen LogP contribution in [0.15, 0.2) is 79.1 Å². The largest absolute Gasteiger partial charge is 0.353 e. The third-order valence-corrected chi connectivity index (χ3v) is 8.00. The highest BCUT2D eigenvalue weighted by Crippen LogP contribution is 2.36. The van der Waals surface area contributed by atoms with E-state index in [1.165, 1.54) is 12.1 Å². The van der Waals surface area contributed by atoms with Crippen LogP contribution in [0.25, 0.3) is 55.4 Å². The molecule has 6 aromatic rings. The molecule has 3 heterocycles. The van der Waals surface area contributed by atoms with E-state index in [0.29, 0.717) is 28.9 Å². The van der Waals surface area contributed by atoms with E-state index < -0.39 is 15.8 Å². The van der Waals surface area contributed by atoms with Crippen molar-refractivity contribution in [2.75, 3.05) is 11.6 Å². The van der Waals surface area contributed by atoms with E-state index >= 15 is 0 Å². The van der Waals surface area contributed by atoms with Crippen molar-refractivity contribution >= 4 is 43.4 Å². The maximum Gasteiger partial charge on any atom is 0.224 e. The molecular formula is C34H33FN6O3S. The SMILES string of the molecule is CC(C)(C)CC(=O)Nc1cncc(-c2ccc3[nH]nc(-c4cc5c(-c6cc(F)cc(CNS(C)(=O)=O)c6)cccc5[nH]4)c3c2)c1. The molecule has 3 aromatic carbocycles. The molecule has 0 aliphatic carbocycles. The van der Waals surface area contributed by atoms with Gasteiger partial charge in [0.25, 0.3) is 0 Å². The lowest BCUT2D eigenvalue weighted by Gasteiger charge is -2.17. The molecule has 11 heteroatoms. The number of amides is 1. The number of anilines is 1. The first kappa shape index (κ1) is 30.2. The number of hydrogen-bond donors (Lipinski definition) is 4. The lowest BCUT2D eigenvalue weighted by atomic mass is 9.92. The van der Waals surface area contributed by atoms with Crippen molar-refractivity contribution in [2.24, 2.45) is 5.41 Å². The summed E-state index contributed by atoms with van der Waals surface area (Å²) in [6.45, 7) is 6.05. The summed E-state index contributed by atoms with van der Waals surface area (Å²) in [6.07, 6.45) is 4.86. The van der Waals surface area contributed by atoms with Crippen LogP contribution in [-0.4, -0.2) is 40.7 Å². The Labute approximate surface area is 260 Å². The summed E-state index contributed by atoms with van der Waals surface area (Å²) in [5.41, 5.74) is 7.40. The molecule has 0 spiro atoms. The van der Waals surface area contributed by atoms with Gasteiger partial charge in [0.2, 0.25) is 15.9 Å². The van der Waals surface area contributed by atoms with Gasteiger partial charge in [-0.3, -0.25) is 14.9 Å². The van der Waals surface area contributed by atoms with Gasteiger partial charge in [0, 0.05) is 41.0 Å². The minimum Gasteiger partial charge on any atom is -0.353 e. The Kier molecular flexibility index (Phi) is 7.75. The first-order valence-electron chi connectivity index (χ1n) is 14.4. The van der Waals surface area contributed by atoms with E-state index in [0.717, 1.165) is 50.4 Å². The van der Waals surface area contributed by atoms with Crippen LogP contribution < -0.4 is 10.0 Å². The molecule has 6 rings (SSSR count). The van der Waals surface area contributed by atoms with E-state index in [1.54, 1.807) is 18.5 Å². The second-order valence-electron chi connectivity index (χ2n) is 12.5. The average Bonchev–Trinajstić information content (AvgIpc) is 3.58. The molecule has 3 aromatic heterocycles. The summed E-state index contributed by atoms with van der Waals surface area (Å²) in [6, 6.07) is 20.1. The fourth-order valence-corrected chi connectivity index (χ4v) is 5.84. The lowest BCUT2D eigenvalue weighted by Crippen LogP contribution is -2.21. The molecule has 45 heavy (non-hydrogen) atoms. The Morgan fingerprint density at radius 3 is 2.51 bits per heavy atom. The molecule has 0 saturated carbocycles. The van der Waals surface area contributed by atoms with Crippen LogP contribution in [0.3, 0.4) is 0 Å². The summed E-state index contributed by atoms with van der Waals surface area (Å²) >= 11 is 0. The first-order valence-corrected chi connectivity index (χ1v) is 16.3. The molecule has 0 fully saturated rings. The summed E-state index contributed by atoms with van der Waals surface area (Å²) in [5.74, 6) is -0.518. The number of halogens is 1. The zero-order valence-corrected chi connectivity index (χ0v) is 26.1. The third kappa shape index (κ3) is 6.95. The number of nitrogens with zero attached hydrogens (tertiary/aromatic N) is 2. The number of pyridine rings is 1. The number of aromatic amines is 2. The Morgan fingerprint density at radius 2 is 1.73 bits per heavy atom. The van der Waals surface area contributed by atoms with Crippen molar-refractivity contribution in [3.63, 3.8) is 0 Å². The zero-order chi connectivity index (χ0) is 31.9. The minimum atomic E-state index is -3.43. The predicted octanol–water partition coefficient (Wildman–Crippen LogP) is 7.00. The topological polar surface area (TPSA) is 133 Å². The van der Waals surface area contributed by atoms with Crippen LogP contribution in [-0.2, 0) is 21.4 Å². The summed E-state index contributed by atoms with van der Waals surface area (Å²) < 4.78 is 40.2. The van der Waals surface area contributed by atoms with E-state index in [-0.39, 0.29) is 17.9 Å². The predicted molar refractivity (Wildman–Crippen MR) is 176 cm³/mol. The number of fused-ring (bicyclic) bond motifs is 2. The van der Waals surface area contributed by atoms with Gasteiger partial charge in [-0.1, -0.05) is 39.0 Å². The molecule has 0 aliphatic rings. The number of nitrogens with one attached hydrogen (secondary N) is 4. The third-order valence-electron chi connectivity index (χ3n) is 7.34. The molecule has 0 atom stereocenters. The Hall–Kier alpha value is -4.87. The number of sulfonamides is 1. The van der Waals surface area contributed by atoms with Gasteiger partial charge in [0.15, 0.2) is 0 Å². The second kappa shape index (κ2) is 11.6. The Bertz CT molecular complexity index is 2180. The van der Waals surface area contributed by atoms with Crippen molar-refractivity contribution in [3.05, 3.63) is 90.5 Å². The van der Waals surface area contributed by atoms with Crippen molar-refractivity contribution in [1.82, 2.24) is 24.9 Å². The van der Waals surface area contributed by atoms with E-state index in [4.69, 9.17) is 0 Å². The number of rotatable bonds is 8. The number of aromatic nitrogens is 4. The number of benzene rings is 3. The Balaban J connectivity index is 1.34. The van der Waals surface area contributed by atoms with Crippen LogP contribution >= 0.6 is 0 Å². The minimum absolute atomic E-state index is 0.0126. The molecule has 0 saturated heterocycles. The molecule has 230 valence electrons. The van der Waals surface area contributed by atoms with Gasteiger partial charge >= 0.3 is 0 Å². The summed E-state index contributed by atoms with van der Waals surface area (Å²) in [4.78, 5) is 20.3. The number of carbonyl (C=O) groups is 1. The number of carbonyl (C=O) groups excluding carboxylic acids is 1. The summed E-state index contributed by atoms with van der Waals surface area (Å²) in [7, 11) is -3.43. The highest BCUT2D eigenvalue weighted by atomic mass is 32.2. The van der Waals surface area contributed by atoms with Crippen molar-refractivity contribution in [3.8, 4) is 33.6 Å². The van der Waals surface area contributed by atoms with Gasteiger partial charge < -0.3 is 10.3 Å². The van der Waals surface area contributed by atoms with Gasteiger partial charge in [-0.15, -0.1) is 0 Å². The standard InChI is InChI=1S/C34H33FN6O3S/c1-34(2,3)16-32(42)38-25-13-23(18-36-19-25)21-8-9-30-28(14-21)33(41-40-30)31-15-27-26(6-5-7-29(27)39-31)22-10-20(11-24(35)12-22)17-37-45(4,43)44/h5-15,18-19,37,39H,16-17H2,1-4H3,(H,38,42)(H,40,41). The maximum absolute atomic E-state index is 14.6. The van der Waals surface area contributed by atoms with Crippen molar-refractivity contribution in [2.45, 2.75) is 33.7 Å². The second-order valence-corrected chi connectivity index (χ2v) is 14.3. The molecule has 1 amide bonds. The smallest absolute Gasteiger partial charge is 0.224 e. The van der Waals surface area contributed by atoms with Gasteiger partial charge in [-0.2, -0.15) is 5.10 Å². The average molecular weight is 625 g/mol. The van der Waals surface area contributed by atoms with Gasteiger partial charge in [-0.05, 0) is 76.2 Å². The zero-order valence-electron chi connectivity index (χ0n) is 25.3. The highest BCUT2D eigenvalue weighted by molar-refractivity contribution is 7.88. The first-order chi connectivity index (χ1) is 21.3. The molecule has 9 nitrogen and oxygen atoms in total. The highest BCUT2D eigenvalue weighted by Gasteiger charge is 2.18. The van der Waals surface area contributed by atoms with E-state index in [9.17, 15) is 17.6 Å². The monoisotopic (exact) mass is 624 g/mol.